The number of hydrogen-bond donors (Lipinski definition) is 4. The predicted molar refractivity (Wildman–Crippen MR) is 106 cm³/mol. The Morgan fingerprint density at radius 1 is 1.18 bits per heavy atom. The molecule has 4 N–H and O–H groups in total. The van der Waals surface area contributed by atoms with Crippen LogP contribution in [0.25, 0.3) is 22.5 Å². The van der Waals surface area contributed by atoms with E-state index in [0.717, 1.165) is 28.6 Å². The number of nitrogens with zero attached hydrogens (tertiary/aromatic N) is 3. The average Bonchev–Trinajstić information content (AvgIpc) is 3.15. The van der Waals surface area contributed by atoms with Gasteiger partial charge in [0.1, 0.15) is 0 Å². The lowest BCUT2D eigenvalue weighted by Gasteiger charge is -2.15. The van der Waals surface area contributed by atoms with Crippen molar-refractivity contribution in [1.29, 1.82) is 0 Å². The van der Waals surface area contributed by atoms with Crippen LogP contribution in [-0.4, -0.2) is 51.3 Å². The molecular formula is C18H19N5O4S. The lowest BCUT2D eigenvalue weighted by molar-refractivity contribution is -0.991. The number of aromatic nitrogens is 3. The first kappa shape index (κ1) is 19.8. The Kier molecular flexibility index (Phi) is 5.95. The Morgan fingerprint density at radius 3 is 2.46 bits per heavy atom. The van der Waals surface area contributed by atoms with Crippen LogP contribution in [0.3, 0.4) is 0 Å². The highest BCUT2D eigenvalue weighted by molar-refractivity contribution is 7.99. The fourth-order valence-corrected chi connectivity index (χ4v) is 3.09. The highest BCUT2D eigenvalue weighted by atomic mass is 32.2. The van der Waals surface area contributed by atoms with Crippen LogP contribution in [0.2, 0.25) is 0 Å². The molecule has 0 aliphatic carbocycles. The van der Waals surface area contributed by atoms with Crippen LogP contribution in [0, 0.1) is 5.21 Å². The number of rotatable bonds is 7. The zero-order valence-corrected chi connectivity index (χ0v) is 16.0. The monoisotopic (exact) mass is 401 g/mol. The lowest BCUT2D eigenvalue weighted by Crippen LogP contribution is -2.99. The highest BCUT2D eigenvalue weighted by Gasteiger charge is 2.13. The van der Waals surface area contributed by atoms with Gasteiger partial charge in [0.05, 0.1) is 5.75 Å². The first-order valence-electron chi connectivity index (χ1n) is 8.27. The van der Waals surface area contributed by atoms with Gasteiger partial charge in [-0.15, -0.1) is 5.10 Å². The number of anilines is 1. The molecule has 10 heteroatoms. The summed E-state index contributed by atoms with van der Waals surface area (Å²) < 4.78 is 0. The molecule has 1 atom stereocenters. The fourth-order valence-electron chi connectivity index (χ4n) is 2.57. The lowest BCUT2D eigenvalue weighted by atomic mass is 10.0. The minimum atomic E-state index is -1.05. The van der Waals surface area contributed by atoms with Crippen molar-refractivity contribution in [2.75, 3.05) is 24.7 Å². The molecule has 28 heavy (non-hydrogen) atoms. The SMILES string of the molecule is CN(C)c1ccc(-c2cc(-c3nc(SCC(=O)O)n[nH]3)cc([NH+]([O-])O)c2)cc1. The van der Waals surface area contributed by atoms with E-state index in [-0.39, 0.29) is 16.6 Å². The molecule has 1 unspecified atom stereocenters. The number of carboxylic acid groups (broad SMARTS) is 1. The molecule has 3 rings (SSSR count). The van der Waals surface area contributed by atoms with E-state index in [4.69, 9.17) is 5.11 Å². The summed E-state index contributed by atoms with van der Waals surface area (Å²) in [5, 5.41) is 35.8. The third-order valence-corrected chi connectivity index (χ3v) is 4.79. The maximum absolute atomic E-state index is 11.6. The molecule has 1 heterocycles. The minimum absolute atomic E-state index is 0.125. The van der Waals surface area contributed by atoms with Crippen molar-refractivity contribution in [3.63, 3.8) is 0 Å². The van der Waals surface area contributed by atoms with Crippen LogP contribution in [0.15, 0.2) is 47.6 Å². The number of benzene rings is 2. The van der Waals surface area contributed by atoms with Gasteiger partial charge < -0.3 is 15.2 Å². The summed E-state index contributed by atoms with van der Waals surface area (Å²) >= 11 is 0.985. The summed E-state index contributed by atoms with van der Waals surface area (Å²) in [7, 11) is 3.89. The van der Waals surface area contributed by atoms with Crippen LogP contribution < -0.4 is 10.1 Å². The maximum atomic E-state index is 11.6. The number of carboxylic acids is 1. The van der Waals surface area contributed by atoms with Gasteiger partial charge >= 0.3 is 5.97 Å². The number of nitrogens with one attached hydrogen (secondary N) is 2. The first-order chi connectivity index (χ1) is 13.3. The number of aromatic amines is 1. The second-order valence-corrected chi connectivity index (χ2v) is 7.14. The normalized spacial score (nSPS) is 12.0. The minimum Gasteiger partial charge on any atom is -0.595 e. The van der Waals surface area contributed by atoms with Crippen LogP contribution in [0.5, 0.6) is 0 Å². The number of aliphatic carboxylic acids is 1. The molecule has 0 aliphatic heterocycles. The topological polar surface area (TPSA) is 130 Å². The van der Waals surface area contributed by atoms with Gasteiger partial charge in [-0.25, -0.2) is 10.2 Å². The Hall–Kier alpha value is -2.92. The Bertz CT molecular complexity index is 972. The Labute approximate surface area is 165 Å². The second kappa shape index (κ2) is 8.40. The van der Waals surface area contributed by atoms with Gasteiger partial charge in [0.25, 0.3) is 0 Å². The predicted octanol–water partition coefficient (Wildman–Crippen LogP) is 1.78. The molecule has 3 aromatic rings. The second-order valence-electron chi connectivity index (χ2n) is 6.19. The van der Waals surface area contributed by atoms with E-state index in [9.17, 15) is 15.2 Å². The summed E-state index contributed by atoms with van der Waals surface area (Å²) in [6.07, 6.45) is 0. The quantitative estimate of drug-likeness (QED) is 0.348. The maximum Gasteiger partial charge on any atom is 0.313 e. The highest BCUT2D eigenvalue weighted by Crippen LogP contribution is 2.29. The molecule has 0 aliphatic rings. The van der Waals surface area contributed by atoms with E-state index >= 15 is 0 Å². The van der Waals surface area contributed by atoms with E-state index < -0.39 is 11.2 Å². The van der Waals surface area contributed by atoms with Gasteiger partial charge in [-0.2, -0.15) is 5.23 Å². The van der Waals surface area contributed by atoms with Crippen LogP contribution in [-0.2, 0) is 4.79 Å². The third kappa shape index (κ3) is 4.67. The van der Waals surface area contributed by atoms with E-state index in [1.165, 1.54) is 6.07 Å². The summed E-state index contributed by atoms with van der Waals surface area (Å²) in [5.74, 6) is -0.745. The van der Waals surface area contributed by atoms with Crippen molar-refractivity contribution >= 4 is 29.1 Å². The first-order valence-corrected chi connectivity index (χ1v) is 9.25. The summed E-state index contributed by atoms with van der Waals surface area (Å²) in [5.41, 5.74) is 3.32. The number of quaternary nitrogens is 1. The van der Waals surface area contributed by atoms with Crippen molar-refractivity contribution in [3.8, 4) is 22.5 Å². The van der Waals surface area contributed by atoms with Crippen molar-refractivity contribution < 1.29 is 20.3 Å². The van der Waals surface area contributed by atoms with Crippen molar-refractivity contribution in [1.82, 2.24) is 15.2 Å². The number of H-pyrrole nitrogens is 1. The number of thioether (sulfide) groups is 1. The van der Waals surface area contributed by atoms with E-state index in [1.54, 1.807) is 6.07 Å². The molecule has 0 radical (unpaired) electrons. The molecule has 0 saturated heterocycles. The van der Waals surface area contributed by atoms with Crippen molar-refractivity contribution in [2.24, 2.45) is 0 Å². The molecule has 0 saturated carbocycles. The van der Waals surface area contributed by atoms with Gasteiger partial charge in [0, 0.05) is 37.5 Å². The van der Waals surface area contributed by atoms with Gasteiger partial charge in [-0.3, -0.25) is 9.89 Å². The molecule has 0 spiro atoms. The third-order valence-electron chi connectivity index (χ3n) is 3.96. The smallest absolute Gasteiger partial charge is 0.313 e. The molecular weight excluding hydrogens is 382 g/mol. The number of carbonyl (C=O) groups is 1. The number of hydrogen-bond acceptors (Lipinski definition) is 7. The largest absolute Gasteiger partial charge is 0.595 e. The van der Waals surface area contributed by atoms with Crippen LogP contribution in [0.1, 0.15) is 0 Å². The molecule has 0 fully saturated rings. The molecule has 1 aromatic heterocycles. The zero-order chi connectivity index (χ0) is 20.3. The molecule has 0 amide bonds. The van der Waals surface area contributed by atoms with E-state index in [1.807, 2.05) is 49.3 Å². The van der Waals surface area contributed by atoms with Gasteiger partial charge in [0.15, 0.2) is 11.5 Å². The molecule has 146 valence electrons. The molecule has 2 aromatic carbocycles. The van der Waals surface area contributed by atoms with Crippen LogP contribution in [0.4, 0.5) is 11.4 Å². The fraction of sp³-hybridized carbons (Fsp3) is 0.167. The van der Waals surface area contributed by atoms with Gasteiger partial charge in [-0.1, -0.05) is 23.9 Å². The Morgan fingerprint density at radius 2 is 1.86 bits per heavy atom. The molecule has 9 nitrogen and oxygen atoms in total. The van der Waals surface area contributed by atoms with Gasteiger partial charge in [-0.05, 0) is 29.3 Å². The van der Waals surface area contributed by atoms with Crippen LogP contribution >= 0.6 is 11.8 Å². The van der Waals surface area contributed by atoms with Crippen molar-refractivity contribution in [2.45, 2.75) is 5.16 Å². The van der Waals surface area contributed by atoms with Gasteiger partial charge in [0.2, 0.25) is 5.16 Å². The summed E-state index contributed by atoms with van der Waals surface area (Å²) in [6.45, 7) is 0. The summed E-state index contributed by atoms with van der Waals surface area (Å²) in [6, 6.07) is 12.7. The zero-order valence-electron chi connectivity index (χ0n) is 15.2. The average molecular weight is 401 g/mol. The van der Waals surface area contributed by atoms with Crippen molar-refractivity contribution in [3.05, 3.63) is 47.7 Å². The Balaban J connectivity index is 1.97. The summed E-state index contributed by atoms with van der Waals surface area (Å²) in [4.78, 5) is 16.9. The molecule has 0 bridgehead atoms. The standard InChI is InChI=1S/C18H19N5O4S/c1-22(2)14-5-3-11(4-6-14)12-7-13(9-15(8-12)23(26)27)17-19-18(21-20-17)28-10-16(24)25/h3-9,23,26H,10H2,1-2H3,(H,24,25)(H,19,20,21). The van der Waals surface area contributed by atoms with E-state index in [0.29, 0.717) is 11.4 Å². The van der Waals surface area contributed by atoms with E-state index in [2.05, 4.69) is 15.2 Å².